The first-order valence-corrected chi connectivity index (χ1v) is 3.06. The van der Waals surface area contributed by atoms with Crippen LogP contribution in [0.4, 0.5) is 4.79 Å². The number of halogens is 1. The maximum atomic E-state index is 9.64. The van der Waals surface area contributed by atoms with Crippen LogP contribution in [-0.4, -0.2) is 32.7 Å². The summed E-state index contributed by atoms with van der Waals surface area (Å²) in [4.78, 5) is 28.0. The second-order valence-corrected chi connectivity index (χ2v) is 1.86. The van der Waals surface area contributed by atoms with Crippen molar-refractivity contribution in [2.24, 2.45) is 0 Å². The predicted octanol–water partition coefficient (Wildman–Crippen LogP) is 1.00. The van der Waals surface area contributed by atoms with Crippen molar-refractivity contribution >= 4 is 29.0 Å². The van der Waals surface area contributed by atoms with Crippen molar-refractivity contribution in [3.05, 3.63) is 0 Å². The number of aliphatic carboxylic acids is 2. The van der Waals surface area contributed by atoms with Crippen LogP contribution >= 0.6 is 11.6 Å². The Morgan fingerprint density at radius 1 is 0.923 bits per heavy atom. The zero-order valence-corrected chi connectivity index (χ0v) is 7.32. The van der Waals surface area contributed by atoms with E-state index >= 15 is 0 Å². The van der Waals surface area contributed by atoms with E-state index in [0.29, 0.717) is 0 Å². The highest BCUT2D eigenvalue weighted by molar-refractivity contribution is 6.60. The van der Waals surface area contributed by atoms with Crippen LogP contribution in [0.5, 0.6) is 0 Å². The highest BCUT2D eigenvalue weighted by Crippen LogP contribution is 1.86. The quantitative estimate of drug-likeness (QED) is 0.513. The van der Waals surface area contributed by atoms with Crippen LogP contribution in [0, 0.1) is 0 Å². The van der Waals surface area contributed by atoms with Crippen molar-refractivity contribution in [3.8, 4) is 0 Å². The molecule has 13 heavy (non-hydrogen) atoms. The number of carboxylic acids is 2. The molecule has 0 fully saturated rings. The minimum Gasteiger partial charge on any atom is -0.481 e. The van der Waals surface area contributed by atoms with E-state index < -0.39 is 17.4 Å². The zero-order valence-electron chi connectivity index (χ0n) is 6.57. The Morgan fingerprint density at radius 2 is 1.08 bits per heavy atom. The summed E-state index contributed by atoms with van der Waals surface area (Å²) in [6.07, 6.45) is -0.593. The Balaban J connectivity index is -0.000000173. The van der Waals surface area contributed by atoms with E-state index in [4.69, 9.17) is 20.1 Å². The first-order valence-electron chi connectivity index (χ1n) is 2.68. The van der Waals surface area contributed by atoms with E-state index in [1.54, 1.807) is 0 Å². The molecule has 0 aliphatic carbocycles. The van der Waals surface area contributed by atoms with E-state index in [9.17, 15) is 9.59 Å². The fraction of sp³-hybridized carbons (Fsp3) is 0.400. The molecule has 78 valence electrons. The van der Waals surface area contributed by atoms with Gasteiger partial charge in [0.05, 0.1) is 12.8 Å². The van der Waals surface area contributed by atoms with Gasteiger partial charge >= 0.3 is 17.4 Å². The molecule has 0 spiro atoms. The highest BCUT2D eigenvalue weighted by atomic mass is 35.5. The monoisotopic (exact) mass is 215 g/mol. The lowest BCUT2D eigenvalue weighted by Crippen LogP contribution is -2.00. The minimum atomic E-state index is -1.36. The maximum absolute atomic E-state index is 9.64. The van der Waals surface area contributed by atoms with Crippen molar-refractivity contribution in [1.82, 2.24) is 6.15 Å². The molecule has 0 saturated heterocycles. The topological polar surface area (TPSA) is 147 Å². The van der Waals surface area contributed by atoms with Crippen molar-refractivity contribution in [3.63, 3.8) is 0 Å². The summed E-state index contributed by atoms with van der Waals surface area (Å²) in [6, 6.07) is 0. The number of rotatable bonds is 3. The van der Waals surface area contributed by atoms with Crippen LogP contribution in [0.1, 0.15) is 12.8 Å². The molecule has 0 unspecified atom stereocenters. The standard InChI is InChI=1S/C4H6O4.CHClO2.H3N/c5-3(6)1-2-4(7)8;2-1(3)4;/h1-2H2,(H,5,6)(H,7,8);(H,3,4);1H3. The second-order valence-electron chi connectivity index (χ2n) is 1.54. The SMILES string of the molecule is N.O=C(O)CCC(=O)O.O=C(O)Cl. The van der Waals surface area contributed by atoms with E-state index in [1.165, 1.54) is 0 Å². The lowest BCUT2D eigenvalue weighted by molar-refractivity contribution is -0.143. The van der Waals surface area contributed by atoms with Gasteiger partial charge in [0.1, 0.15) is 0 Å². The molecule has 0 amide bonds. The van der Waals surface area contributed by atoms with Crippen molar-refractivity contribution < 1.29 is 29.7 Å². The van der Waals surface area contributed by atoms with Gasteiger partial charge in [-0.05, 0) is 0 Å². The average Bonchev–Trinajstić information content (AvgIpc) is 1.82. The maximum Gasteiger partial charge on any atom is 0.401 e. The summed E-state index contributed by atoms with van der Waals surface area (Å²) < 4.78 is 0. The number of hydrogen-bond donors (Lipinski definition) is 4. The summed E-state index contributed by atoms with van der Waals surface area (Å²) in [5, 5.41) is 23.0. The van der Waals surface area contributed by atoms with Gasteiger partial charge in [0, 0.05) is 11.6 Å². The van der Waals surface area contributed by atoms with Crippen molar-refractivity contribution in [1.29, 1.82) is 0 Å². The minimum absolute atomic E-state index is 0. The zero-order chi connectivity index (χ0) is 10.1. The van der Waals surface area contributed by atoms with E-state index in [-0.39, 0.29) is 19.0 Å². The molecule has 0 aliphatic rings. The molecule has 8 heteroatoms. The van der Waals surface area contributed by atoms with Crippen LogP contribution in [-0.2, 0) is 9.59 Å². The van der Waals surface area contributed by atoms with Gasteiger partial charge in [-0.15, -0.1) is 0 Å². The molecule has 7 nitrogen and oxygen atoms in total. The summed E-state index contributed by atoms with van der Waals surface area (Å²) in [5.41, 5.74) is -1.36. The predicted molar refractivity (Wildman–Crippen MR) is 43.4 cm³/mol. The first kappa shape index (κ1) is 17.7. The molecule has 0 aromatic carbocycles. The number of carboxylic acid groups (broad SMARTS) is 3. The number of carbonyl (C=O) groups is 3. The van der Waals surface area contributed by atoms with Gasteiger partial charge in [-0.3, -0.25) is 9.59 Å². The van der Waals surface area contributed by atoms with Gasteiger partial charge < -0.3 is 21.5 Å². The molecule has 0 rings (SSSR count). The Bertz CT molecular complexity index is 164. The Morgan fingerprint density at radius 3 is 1.15 bits per heavy atom. The fourth-order valence-electron chi connectivity index (χ4n) is 0.214. The number of hydrogen-bond acceptors (Lipinski definition) is 4. The summed E-state index contributed by atoms with van der Waals surface area (Å²) in [6.45, 7) is 0. The lowest BCUT2D eigenvalue weighted by atomic mass is 10.3. The first-order chi connectivity index (χ1) is 5.36. The van der Waals surface area contributed by atoms with Crippen LogP contribution in [0.3, 0.4) is 0 Å². The van der Waals surface area contributed by atoms with Crippen molar-refractivity contribution in [2.75, 3.05) is 0 Å². The van der Waals surface area contributed by atoms with Gasteiger partial charge in [-0.25, -0.2) is 4.79 Å². The van der Waals surface area contributed by atoms with E-state index in [0.717, 1.165) is 0 Å². The van der Waals surface area contributed by atoms with Gasteiger partial charge in [-0.2, -0.15) is 0 Å². The van der Waals surface area contributed by atoms with E-state index in [1.807, 2.05) is 0 Å². The molecular formula is C5H10ClNO6. The largest absolute Gasteiger partial charge is 0.481 e. The molecule has 0 radical (unpaired) electrons. The highest BCUT2D eigenvalue weighted by Gasteiger charge is 2.00. The average molecular weight is 216 g/mol. The molecule has 0 aromatic rings. The Hall–Kier alpha value is -1.34. The smallest absolute Gasteiger partial charge is 0.401 e. The molecule has 0 bridgehead atoms. The van der Waals surface area contributed by atoms with Crippen LogP contribution in [0.15, 0.2) is 0 Å². The van der Waals surface area contributed by atoms with Gasteiger partial charge in [-0.1, -0.05) is 0 Å². The van der Waals surface area contributed by atoms with Crippen LogP contribution in [0.2, 0.25) is 0 Å². The molecule has 0 atom stereocenters. The molecule has 0 heterocycles. The Kier molecular flexibility index (Phi) is 14.5. The summed E-state index contributed by atoms with van der Waals surface area (Å²) in [5.74, 6) is -2.15. The second kappa shape index (κ2) is 10.7. The summed E-state index contributed by atoms with van der Waals surface area (Å²) >= 11 is 4.19. The normalized spacial score (nSPS) is 7.15. The van der Waals surface area contributed by atoms with Gasteiger partial charge in [0.2, 0.25) is 0 Å². The van der Waals surface area contributed by atoms with Crippen molar-refractivity contribution in [2.45, 2.75) is 12.8 Å². The third-order valence-electron chi connectivity index (χ3n) is 0.553. The third kappa shape index (κ3) is 59.7. The molecule has 0 aromatic heterocycles. The van der Waals surface area contributed by atoms with Crippen LogP contribution in [0.25, 0.3) is 0 Å². The summed E-state index contributed by atoms with van der Waals surface area (Å²) in [7, 11) is 0. The fourth-order valence-corrected chi connectivity index (χ4v) is 0.214. The van der Waals surface area contributed by atoms with Gasteiger partial charge in [0.15, 0.2) is 0 Å². The van der Waals surface area contributed by atoms with E-state index in [2.05, 4.69) is 11.6 Å². The molecule has 6 N–H and O–H groups in total. The Labute approximate surface area is 78.5 Å². The molecule has 0 saturated carbocycles. The lowest BCUT2D eigenvalue weighted by Gasteiger charge is -1.85. The molecular weight excluding hydrogens is 206 g/mol. The molecule has 0 aliphatic heterocycles. The third-order valence-corrected chi connectivity index (χ3v) is 0.553. The van der Waals surface area contributed by atoms with Crippen LogP contribution < -0.4 is 6.15 Å². The van der Waals surface area contributed by atoms with Gasteiger partial charge in [0.25, 0.3) is 0 Å².